The Morgan fingerprint density at radius 3 is 2.77 bits per heavy atom. The molecule has 0 aliphatic rings. The van der Waals surface area contributed by atoms with E-state index in [4.69, 9.17) is 10.5 Å². The van der Waals surface area contributed by atoms with Crippen molar-refractivity contribution in [1.82, 2.24) is 4.98 Å². The second kappa shape index (κ2) is 9.50. The normalized spacial score (nSPS) is 9.36. The average molecular weight is 364 g/mol. The zero-order valence-electron chi connectivity index (χ0n) is 12.3. The first kappa shape index (κ1) is 20.5. The minimum atomic E-state index is -0.204. The van der Waals surface area contributed by atoms with E-state index in [0.717, 1.165) is 17.8 Å². The predicted octanol–water partition coefficient (Wildman–Crippen LogP) is 3.78. The highest BCUT2D eigenvalue weighted by atomic mass is 35.5. The Morgan fingerprint density at radius 2 is 2.14 bits per heavy atom. The number of hydrogen-bond acceptors (Lipinski definition) is 5. The molecular formula is C14H19Cl2N3O2S. The maximum atomic E-state index is 12.1. The SMILES string of the molecule is CCCc1ncc(C(=O)Nc2cc(OC)ccc2N)s1.Cl.Cl. The fraction of sp³-hybridized carbons (Fsp3) is 0.286. The largest absolute Gasteiger partial charge is 0.497 e. The van der Waals surface area contributed by atoms with Crippen LogP contribution < -0.4 is 15.8 Å². The highest BCUT2D eigenvalue weighted by Gasteiger charge is 2.12. The fourth-order valence-corrected chi connectivity index (χ4v) is 2.61. The maximum Gasteiger partial charge on any atom is 0.267 e. The lowest BCUT2D eigenvalue weighted by Crippen LogP contribution is -2.11. The summed E-state index contributed by atoms with van der Waals surface area (Å²) in [6.45, 7) is 2.08. The Labute approximate surface area is 146 Å². The number of nitrogen functional groups attached to an aromatic ring is 1. The topological polar surface area (TPSA) is 77.2 Å². The lowest BCUT2D eigenvalue weighted by Gasteiger charge is -2.08. The summed E-state index contributed by atoms with van der Waals surface area (Å²) in [7, 11) is 1.57. The van der Waals surface area contributed by atoms with Crippen molar-refractivity contribution in [3.05, 3.63) is 34.3 Å². The lowest BCUT2D eigenvalue weighted by atomic mass is 10.2. The summed E-state index contributed by atoms with van der Waals surface area (Å²) in [6, 6.07) is 5.14. The molecule has 2 aromatic rings. The van der Waals surface area contributed by atoms with Gasteiger partial charge >= 0.3 is 0 Å². The number of nitrogens with one attached hydrogen (secondary N) is 1. The van der Waals surface area contributed by atoms with E-state index < -0.39 is 0 Å². The second-order valence-electron chi connectivity index (χ2n) is 4.28. The molecule has 1 aromatic heterocycles. The van der Waals surface area contributed by atoms with Crippen molar-refractivity contribution in [3.63, 3.8) is 0 Å². The number of amides is 1. The molecule has 1 amide bonds. The summed E-state index contributed by atoms with van der Waals surface area (Å²) in [5, 5.41) is 3.75. The van der Waals surface area contributed by atoms with Crippen LogP contribution in [0, 0.1) is 0 Å². The lowest BCUT2D eigenvalue weighted by molar-refractivity contribution is 0.103. The van der Waals surface area contributed by atoms with Gasteiger partial charge in [0.25, 0.3) is 5.91 Å². The molecule has 22 heavy (non-hydrogen) atoms. The number of hydrogen-bond donors (Lipinski definition) is 2. The van der Waals surface area contributed by atoms with Crippen molar-refractivity contribution in [3.8, 4) is 5.75 Å². The number of ether oxygens (including phenoxy) is 1. The van der Waals surface area contributed by atoms with Crippen molar-refractivity contribution in [1.29, 1.82) is 0 Å². The second-order valence-corrected chi connectivity index (χ2v) is 5.39. The highest BCUT2D eigenvalue weighted by molar-refractivity contribution is 7.13. The smallest absolute Gasteiger partial charge is 0.267 e. The average Bonchev–Trinajstić information content (AvgIpc) is 2.90. The molecule has 1 heterocycles. The summed E-state index contributed by atoms with van der Waals surface area (Å²) in [5.74, 6) is 0.440. The van der Waals surface area contributed by atoms with Crippen LogP contribution in [-0.4, -0.2) is 18.0 Å². The van der Waals surface area contributed by atoms with Gasteiger partial charge in [0.1, 0.15) is 10.6 Å². The van der Waals surface area contributed by atoms with E-state index in [1.54, 1.807) is 31.5 Å². The molecule has 0 saturated carbocycles. The number of carbonyl (C=O) groups excluding carboxylic acids is 1. The summed E-state index contributed by atoms with van der Waals surface area (Å²) >= 11 is 1.41. The molecule has 0 atom stereocenters. The molecule has 1 aromatic carbocycles. The number of aromatic nitrogens is 1. The third-order valence-corrected chi connectivity index (χ3v) is 3.81. The molecule has 0 aliphatic heterocycles. The van der Waals surface area contributed by atoms with E-state index in [1.807, 2.05) is 0 Å². The summed E-state index contributed by atoms with van der Waals surface area (Å²) in [4.78, 5) is 17.0. The minimum absolute atomic E-state index is 0. The van der Waals surface area contributed by atoms with E-state index in [1.165, 1.54) is 11.3 Å². The van der Waals surface area contributed by atoms with Gasteiger partial charge in [-0.1, -0.05) is 6.92 Å². The number of anilines is 2. The number of rotatable bonds is 5. The van der Waals surface area contributed by atoms with Crippen molar-refractivity contribution in [2.45, 2.75) is 19.8 Å². The van der Waals surface area contributed by atoms with Gasteiger partial charge in [-0.25, -0.2) is 4.98 Å². The van der Waals surface area contributed by atoms with Gasteiger partial charge in [0, 0.05) is 6.07 Å². The van der Waals surface area contributed by atoms with Crippen LogP contribution in [0.1, 0.15) is 28.0 Å². The van der Waals surface area contributed by atoms with Crippen LogP contribution in [0.3, 0.4) is 0 Å². The number of benzene rings is 1. The van der Waals surface area contributed by atoms with Crippen LogP contribution in [0.2, 0.25) is 0 Å². The van der Waals surface area contributed by atoms with E-state index in [2.05, 4.69) is 17.2 Å². The molecule has 2 rings (SSSR count). The summed E-state index contributed by atoms with van der Waals surface area (Å²) < 4.78 is 5.12. The Bertz CT molecular complexity index is 620. The van der Waals surface area contributed by atoms with E-state index in [-0.39, 0.29) is 30.7 Å². The highest BCUT2D eigenvalue weighted by Crippen LogP contribution is 2.25. The molecule has 0 saturated heterocycles. The van der Waals surface area contributed by atoms with Gasteiger partial charge in [0.15, 0.2) is 0 Å². The Kier molecular flexibility index (Phi) is 8.86. The Morgan fingerprint density at radius 1 is 1.41 bits per heavy atom. The van der Waals surface area contributed by atoms with E-state index >= 15 is 0 Å². The molecule has 0 bridgehead atoms. The fourth-order valence-electron chi connectivity index (χ4n) is 1.70. The zero-order chi connectivity index (χ0) is 14.5. The quantitative estimate of drug-likeness (QED) is 0.792. The monoisotopic (exact) mass is 363 g/mol. The van der Waals surface area contributed by atoms with Crippen molar-refractivity contribution in [2.24, 2.45) is 0 Å². The zero-order valence-corrected chi connectivity index (χ0v) is 14.7. The number of thiazole rings is 1. The standard InChI is InChI=1S/C14H17N3O2S.2ClH/c1-3-4-13-16-8-12(20-13)14(18)17-11-7-9(19-2)5-6-10(11)15;;/h5-8H,3-4,15H2,1-2H3,(H,17,18);2*1H. The van der Waals surface area contributed by atoms with Crippen LogP contribution in [0.25, 0.3) is 0 Å². The Hall–Kier alpha value is -1.50. The van der Waals surface area contributed by atoms with Gasteiger partial charge in [-0.15, -0.1) is 36.2 Å². The maximum absolute atomic E-state index is 12.1. The molecule has 0 unspecified atom stereocenters. The molecule has 0 aliphatic carbocycles. The third kappa shape index (κ3) is 5.05. The van der Waals surface area contributed by atoms with Crippen LogP contribution in [0.4, 0.5) is 11.4 Å². The number of carbonyl (C=O) groups is 1. The van der Waals surface area contributed by atoms with Gasteiger partial charge in [0.05, 0.1) is 29.7 Å². The first-order valence-electron chi connectivity index (χ1n) is 6.33. The van der Waals surface area contributed by atoms with Gasteiger partial charge < -0.3 is 15.8 Å². The van der Waals surface area contributed by atoms with Crippen molar-refractivity contribution < 1.29 is 9.53 Å². The number of aryl methyl sites for hydroxylation is 1. The molecule has 3 N–H and O–H groups in total. The molecule has 122 valence electrons. The summed E-state index contributed by atoms with van der Waals surface area (Å²) in [5.41, 5.74) is 6.88. The third-order valence-electron chi connectivity index (χ3n) is 2.75. The van der Waals surface area contributed by atoms with E-state index in [0.29, 0.717) is 22.0 Å². The van der Waals surface area contributed by atoms with Gasteiger partial charge in [0.2, 0.25) is 0 Å². The van der Waals surface area contributed by atoms with Crippen LogP contribution in [-0.2, 0) is 6.42 Å². The van der Waals surface area contributed by atoms with Crippen molar-refractivity contribution >= 4 is 53.4 Å². The number of methoxy groups -OCH3 is 1. The number of nitrogens with zero attached hydrogens (tertiary/aromatic N) is 1. The number of halogens is 2. The van der Waals surface area contributed by atoms with Crippen LogP contribution in [0.5, 0.6) is 5.75 Å². The number of nitrogens with two attached hydrogens (primary N) is 1. The van der Waals surface area contributed by atoms with Crippen LogP contribution >= 0.6 is 36.2 Å². The minimum Gasteiger partial charge on any atom is -0.497 e. The van der Waals surface area contributed by atoms with E-state index in [9.17, 15) is 4.79 Å². The molecule has 5 nitrogen and oxygen atoms in total. The molecule has 8 heteroatoms. The predicted molar refractivity (Wildman–Crippen MR) is 96.0 cm³/mol. The van der Waals surface area contributed by atoms with Gasteiger partial charge in [-0.3, -0.25) is 4.79 Å². The molecule has 0 spiro atoms. The molecule has 0 fully saturated rings. The first-order valence-corrected chi connectivity index (χ1v) is 7.15. The van der Waals surface area contributed by atoms with Gasteiger partial charge in [-0.2, -0.15) is 0 Å². The Balaban J connectivity index is 0.00000220. The summed E-state index contributed by atoms with van der Waals surface area (Å²) in [6.07, 6.45) is 3.50. The van der Waals surface area contributed by atoms with Gasteiger partial charge in [-0.05, 0) is 25.0 Å². The first-order chi connectivity index (χ1) is 9.63. The van der Waals surface area contributed by atoms with Crippen LogP contribution in [0.15, 0.2) is 24.4 Å². The molecule has 0 radical (unpaired) electrons. The van der Waals surface area contributed by atoms with Crippen molar-refractivity contribution in [2.75, 3.05) is 18.2 Å². The molecular weight excluding hydrogens is 345 g/mol.